The molecule has 208 valence electrons. The van der Waals surface area contributed by atoms with Gasteiger partial charge in [0.2, 0.25) is 0 Å². The van der Waals surface area contributed by atoms with Crippen molar-refractivity contribution in [3.63, 3.8) is 0 Å². The molecule has 0 radical (unpaired) electrons. The minimum absolute atomic E-state index is 0.643. The van der Waals surface area contributed by atoms with Crippen LogP contribution in [-0.2, 0) is 0 Å². The van der Waals surface area contributed by atoms with Crippen molar-refractivity contribution >= 4 is 0 Å². The SMILES string of the molecule is CCCCCCCCCCCCCCCCCCCN1C=CN(CCCC)C1CCCCCCC. The Kier molecular flexibility index (Phi) is 23.1. The summed E-state index contributed by atoms with van der Waals surface area (Å²) in [6, 6.07) is 0. The van der Waals surface area contributed by atoms with E-state index < -0.39 is 0 Å². The van der Waals surface area contributed by atoms with Gasteiger partial charge in [-0.2, -0.15) is 0 Å². The van der Waals surface area contributed by atoms with Gasteiger partial charge in [0.15, 0.2) is 0 Å². The Morgan fingerprint density at radius 1 is 0.371 bits per heavy atom. The maximum absolute atomic E-state index is 2.67. The maximum Gasteiger partial charge on any atom is 0.101 e. The van der Waals surface area contributed by atoms with E-state index in [0.29, 0.717) is 6.17 Å². The van der Waals surface area contributed by atoms with Crippen molar-refractivity contribution in [3.05, 3.63) is 12.4 Å². The first-order valence-corrected chi connectivity index (χ1v) is 16.5. The second kappa shape index (κ2) is 25.0. The zero-order valence-corrected chi connectivity index (χ0v) is 24.7. The molecular formula is C33H66N2. The van der Waals surface area contributed by atoms with Crippen LogP contribution in [0.25, 0.3) is 0 Å². The van der Waals surface area contributed by atoms with Gasteiger partial charge in [-0.15, -0.1) is 0 Å². The van der Waals surface area contributed by atoms with E-state index >= 15 is 0 Å². The van der Waals surface area contributed by atoms with Gasteiger partial charge in [0.1, 0.15) is 6.17 Å². The molecule has 0 N–H and O–H groups in total. The molecule has 0 bridgehead atoms. The highest BCUT2D eigenvalue weighted by Crippen LogP contribution is 2.23. The van der Waals surface area contributed by atoms with Crippen molar-refractivity contribution in [2.24, 2.45) is 0 Å². The summed E-state index contributed by atoms with van der Waals surface area (Å²) in [6.07, 6.45) is 41.1. The van der Waals surface area contributed by atoms with Gasteiger partial charge in [-0.05, 0) is 25.7 Å². The molecule has 1 atom stereocenters. The fourth-order valence-corrected chi connectivity index (χ4v) is 5.63. The van der Waals surface area contributed by atoms with E-state index in [0.717, 1.165) is 0 Å². The van der Waals surface area contributed by atoms with E-state index in [1.165, 1.54) is 174 Å². The minimum Gasteiger partial charge on any atom is -0.356 e. The average Bonchev–Trinajstić information content (AvgIpc) is 3.25. The molecule has 1 rings (SSSR count). The topological polar surface area (TPSA) is 6.48 Å². The number of rotatable bonds is 27. The third-order valence-electron chi connectivity index (χ3n) is 8.07. The van der Waals surface area contributed by atoms with Crippen LogP contribution in [0, 0.1) is 0 Å². The van der Waals surface area contributed by atoms with Crippen LogP contribution >= 0.6 is 0 Å². The van der Waals surface area contributed by atoms with Crippen LogP contribution in [0.15, 0.2) is 12.4 Å². The molecular weight excluding hydrogens is 424 g/mol. The largest absolute Gasteiger partial charge is 0.356 e. The summed E-state index contributed by atoms with van der Waals surface area (Å²) < 4.78 is 0. The van der Waals surface area contributed by atoms with Crippen LogP contribution in [-0.4, -0.2) is 29.1 Å². The molecule has 0 aromatic rings. The molecule has 0 fully saturated rings. The van der Waals surface area contributed by atoms with Crippen LogP contribution in [0.5, 0.6) is 0 Å². The van der Waals surface area contributed by atoms with Crippen molar-refractivity contribution in [3.8, 4) is 0 Å². The summed E-state index contributed by atoms with van der Waals surface area (Å²) >= 11 is 0. The Morgan fingerprint density at radius 3 is 1.09 bits per heavy atom. The molecule has 0 aliphatic carbocycles. The van der Waals surface area contributed by atoms with Crippen molar-refractivity contribution in [1.29, 1.82) is 0 Å². The maximum atomic E-state index is 2.67. The molecule has 1 unspecified atom stereocenters. The molecule has 0 aromatic heterocycles. The molecule has 2 nitrogen and oxygen atoms in total. The smallest absolute Gasteiger partial charge is 0.101 e. The number of unbranched alkanes of at least 4 members (excludes halogenated alkanes) is 21. The summed E-state index contributed by atoms with van der Waals surface area (Å²) in [5, 5.41) is 0. The summed E-state index contributed by atoms with van der Waals surface area (Å²) in [5.74, 6) is 0. The monoisotopic (exact) mass is 491 g/mol. The molecule has 2 heteroatoms. The highest BCUT2D eigenvalue weighted by molar-refractivity contribution is 4.96. The lowest BCUT2D eigenvalue weighted by Crippen LogP contribution is -2.39. The molecule has 0 saturated heterocycles. The van der Waals surface area contributed by atoms with E-state index in [-0.39, 0.29) is 0 Å². The van der Waals surface area contributed by atoms with Gasteiger partial charge in [-0.1, -0.05) is 156 Å². The van der Waals surface area contributed by atoms with Crippen molar-refractivity contribution in [2.75, 3.05) is 13.1 Å². The van der Waals surface area contributed by atoms with Gasteiger partial charge in [0.05, 0.1) is 0 Å². The van der Waals surface area contributed by atoms with E-state index in [9.17, 15) is 0 Å². The summed E-state index contributed by atoms with van der Waals surface area (Å²) in [7, 11) is 0. The first-order chi connectivity index (χ1) is 17.3. The average molecular weight is 491 g/mol. The highest BCUT2D eigenvalue weighted by atomic mass is 15.4. The molecule has 0 amide bonds. The third kappa shape index (κ3) is 18.3. The Labute approximate surface area is 222 Å². The molecule has 0 aromatic carbocycles. The van der Waals surface area contributed by atoms with Crippen LogP contribution in [0.2, 0.25) is 0 Å². The lowest BCUT2D eigenvalue weighted by molar-refractivity contribution is 0.136. The number of hydrogen-bond donors (Lipinski definition) is 0. The molecule has 1 heterocycles. The number of nitrogens with zero attached hydrogens (tertiary/aromatic N) is 2. The normalized spacial score (nSPS) is 15.6. The Balaban J connectivity index is 1.97. The Bertz CT molecular complexity index is 446. The minimum atomic E-state index is 0.643. The predicted molar refractivity (Wildman–Crippen MR) is 159 cm³/mol. The van der Waals surface area contributed by atoms with E-state index in [1.54, 1.807) is 0 Å². The second-order valence-electron chi connectivity index (χ2n) is 11.5. The molecule has 0 saturated carbocycles. The van der Waals surface area contributed by atoms with Crippen molar-refractivity contribution in [1.82, 2.24) is 9.80 Å². The van der Waals surface area contributed by atoms with Gasteiger partial charge in [-0.3, -0.25) is 0 Å². The van der Waals surface area contributed by atoms with Crippen LogP contribution in [0.1, 0.15) is 181 Å². The summed E-state index contributed by atoms with van der Waals surface area (Å²) in [5.41, 5.74) is 0. The number of hydrogen-bond acceptors (Lipinski definition) is 2. The van der Waals surface area contributed by atoms with E-state index in [2.05, 4.69) is 43.0 Å². The lowest BCUT2D eigenvalue weighted by atomic mass is 10.0. The predicted octanol–water partition coefficient (Wildman–Crippen LogP) is 11.2. The zero-order valence-electron chi connectivity index (χ0n) is 24.7. The standard InChI is InChI=1S/C33H66N2/c1-4-7-10-12-13-14-15-16-17-18-19-20-21-22-23-25-27-30-35-32-31-34(29-9-6-3)33(35)28-26-24-11-8-5-2/h31-33H,4-30H2,1-3H3. The second-order valence-corrected chi connectivity index (χ2v) is 11.5. The van der Waals surface area contributed by atoms with Gasteiger partial charge >= 0.3 is 0 Å². The molecule has 1 aliphatic rings. The fraction of sp³-hybridized carbons (Fsp3) is 0.939. The van der Waals surface area contributed by atoms with Crippen LogP contribution < -0.4 is 0 Å². The van der Waals surface area contributed by atoms with Gasteiger partial charge < -0.3 is 9.80 Å². The van der Waals surface area contributed by atoms with Gasteiger partial charge in [0.25, 0.3) is 0 Å². The molecule has 0 spiro atoms. The van der Waals surface area contributed by atoms with E-state index in [4.69, 9.17) is 0 Å². The van der Waals surface area contributed by atoms with Crippen molar-refractivity contribution < 1.29 is 0 Å². The zero-order chi connectivity index (χ0) is 25.2. The fourth-order valence-electron chi connectivity index (χ4n) is 5.63. The quantitative estimate of drug-likeness (QED) is 0.106. The van der Waals surface area contributed by atoms with Crippen LogP contribution in [0.4, 0.5) is 0 Å². The van der Waals surface area contributed by atoms with Gasteiger partial charge in [-0.25, -0.2) is 0 Å². The molecule has 1 aliphatic heterocycles. The van der Waals surface area contributed by atoms with Crippen molar-refractivity contribution in [2.45, 2.75) is 187 Å². The highest BCUT2D eigenvalue weighted by Gasteiger charge is 2.24. The third-order valence-corrected chi connectivity index (χ3v) is 8.07. The Morgan fingerprint density at radius 2 is 0.686 bits per heavy atom. The summed E-state index contributed by atoms with van der Waals surface area (Å²) in [4.78, 5) is 5.30. The van der Waals surface area contributed by atoms with Crippen LogP contribution in [0.3, 0.4) is 0 Å². The lowest BCUT2D eigenvalue weighted by Gasteiger charge is -2.33. The molecule has 35 heavy (non-hydrogen) atoms. The summed E-state index contributed by atoms with van der Waals surface area (Å²) in [6.45, 7) is 9.43. The first kappa shape index (κ1) is 32.4. The Hall–Kier alpha value is -0.660. The van der Waals surface area contributed by atoms with Gasteiger partial charge in [0, 0.05) is 25.5 Å². The first-order valence-electron chi connectivity index (χ1n) is 16.5. The van der Waals surface area contributed by atoms with E-state index in [1.807, 2.05) is 0 Å².